The molecule has 7 heteroatoms. The SMILES string of the molecule is O=C1CC2S[C@H]3C[C@]2(C=C1Br)c1c(c(O)c2c4c1=NCCC=4C=N2)N3. The Balaban J connectivity index is 1.79. The van der Waals surface area contributed by atoms with E-state index in [1.165, 1.54) is 0 Å². The molecule has 0 aromatic heterocycles. The van der Waals surface area contributed by atoms with Crippen molar-refractivity contribution in [2.75, 3.05) is 11.9 Å². The van der Waals surface area contributed by atoms with Gasteiger partial charge in [0.15, 0.2) is 11.5 Å². The number of carbonyl (C=O) groups excluding carboxylic acids is 1. The fourth-order valence-corrected chi connectivity index (χ4v) is 7.22. The number of nitrogens with zero attached hydrogens (tertiary/aromatic N) is 2. The Morgan fingerprint density at radius 1 is 1.44 bits per heavy atom. The predicted molar refractivity (Wildman–Crippen MR) is 102 cm³/mol. The molecule has 0 radical (unpaired) electrons. The zero-order valence-corrected chi connectivity index (χ0v) is 15.6. The molecule has 1 spiro atoms. The van der Waals surface area contributed by atoms with Gasteiger partial charge in [-0.25, -0.2) is 0 Å². The smallest absolute Gasteiger partial charge is 0.170 e. The van der Waals surface area contributed by atoms with Gasteiger partial charge in [0.1, 0.15) is 5.69 Å². The summed E-state index contributed by atoms with van der Waals surface area (Å²) in [6.45, 7) is 0.742. The van der Waals surface area contributed by atoms with Gasteiger partial charge >= 0.3 is 0 Å². The summed E-state index contributed by atoms with van der Waals surface area (Å²) in [6.07, 6.45) is 6.24. The van der Waals surface area contributed by atoms with E-state index >= 15 is 0 Å². The summed E-state index contributed by atoms with van der Waals surface area (Å²) < 4.78 is 0.654. The second-order valence-electron chi connectivity index (χ2n) is 7.21. The number of rotatable bonds is 0. The lowest BCUT2D eigenvalue weighted by atomic mass is 9.68. The molecule has 1 aliphatic carbocycles. The lowest BCUT2D eigenvalue weighted by Crippen LogP contribution is -2.48. The van der Waals surface area contributed by atoms with Crippen LogP contribution in [-0.4, -0.2) is 34.3 Å². The van der Waals surface area contributed by atoms with E-state index in [9.17, 15) is 9.90 Å². The molecule has 25 heavy (non-hydrogen) atoms. The number of carbonyl (C=O) groups is 1. The van der Waals surface area contributed by atoms with E-state index in [1.54, 1.807) is 11.8 Å². The van der Waals surface area contributed by atoms with Crippen molar-refractivity contribution in [3.63, 3.8) is 0 Å². The first-order valence-electron chi connectivity index (χ1n) is 8.43. The van der Waals surface area contributed by atoms with Crippen molar-refractivity contribution in [3.05, 3.63) is 26.7 Å². The van der Waals surface area contributed by atoms with Gasteiger partial charge in [0.25, 0.3) is 0 Å². The van der Waals surface area contributed by atoms with Crippen LogP contribution >= 0.6 is 27.7 Å². The lowest BCUT2D eigenvalue weighted by Gasteiger charge is -2.39. The molecule has 1 aromatic rings. The third kappa shape index (κ3) is 1.64. The van der Waals surface area contributed by atoms with Crippen molar-refractivity contribution < 1.29 is 9.90 Å². The topological polar surface area (TPSA) is 74.0 Å². The molecular weight excluding hydrogens is 402 g/mol. The minimum Gasteiger partial charge on any atom is -0.504 e. The van der Waals surface area contributed by atoms with Gasteiger partial charge in [-0.3, -0.25) is 14.8 Å². The first kappa shape index (κ1) is 14.6. The van der Waals surface area contributed by atoms with Crippen LogP contribution in [0.5, 0.6) is 5.75 Å². The summed E-state index contributed by atoms with van der Waals surface area (Å²) >= 11 is 5.28. The number of fused-ring (bicyclic) bond motifs is 3. The van der Waals surface area contributed by atoms with Gasteiger partial charge in [-0.15, -0.1) is 11.8 Å². The van der Waals surface area contributed by atoms with Crippen LogP contribution in [0, 0.1) is 0 Å². The molecule has 3 atom stereocenters. The van der Waals surface area contributed by atoms with Crippen LogP contribution in [0.2, 0.25) is 0 Å². The monoisotopic (exact) mass is 415 g/mol. The van der Waals surface area contributed by atoms with E-state index in [1.807, 2.05) is 6.21 Å². The Bertz CT molecular complexity index is 1080. The average Bonchev–Trinajstić information content (AvgIpc) is 3.13. The number of ketones is 1. The predicted octanol–water partition coefficient (Wildman–Crippen LogP) is 2.03. The third-order valence-corrected chi connectivity index (χ3v) is 8.16. The Kier molecular flexibility index (Phi) is 2.66. The highest BCUT2D eigenvalue weighted by atomic mass is 79.9. The fraction of sp³-hybridized carbons (Fsp3) is 0.389. The van der Waals surface area contributed by atoms with Crippen LogP contribution in [0.4, 0.5) is 11.4 Å². The van der Waals surface area contributed by atoms with Crippen LogP contribution in [-0.2, 0) is 10.2 Å². The number of phenols is 1. The number of allylic oxidation sites excluding steroid dienone is 2. The molecule has 1 fully saturated rings. The number of anilines is 1. The summed E-state index contributed by atoms with van der Waals surface area (Å²) in [5.41, 5.74) is 3.36. The minimum absolute atomic E-state index is 0.156. The van der Waals surface area contributed by atoms with Crippen LogP contribution < -0.4 is 15.9 Å². The Hall–Kier alpha value is -1.60. The molecule has 5 nitrogen and oxygen atoms in total. The summed E-state index contributed by atoms with van der Waals surface area (Å²) in [4.78, 5) is 21.6. The van der Waals surface area contributed by atoms with Crippen LogP contribution in [0.3, 0.4) is 0 Å². The molecule has 4 heterocycles. The molecule has 1 aromatic carbocycles. The number of halogens is 1. The van der Waals surface area contributed by atoms with Crippen molar-refractivity contribution in [3.8, 4) is 5.75 Å². The van der Waals surface area contributed by atoms with E-state index < -0.39 is 0 Å². The summed E-state index contributed by atoms with van der Waals surface area (Å²) in [7, 11) is 0. The first-order valence-corrected chi connectivity index (χ1v) is 10.2. The van der Waals surface area contributed by atoms with Crippen molar-refractivity contribution >= 4 is 56.6 Å². The minimum atomic E-state index is -0.265. The highest BCUT2D eigenvalue weighted by Gasteiger charge is 2.56. The number of hydrogen-bond donors (Lipinski definition) is 2. The van der Waals surface area contributed by atoms with Gasteiger partial charge in [0.05, 0.1) is 20.9 Å². The maximum absolute atomic E-state index is 12.3. The molecule has 0 saturated carbocycles. The van der Waals surface area contributed by atoms with E-state index in [0.717, 1.165) is 46.8 Å². The van der Waals surface area contributed by atoms with E-state index in [4.69, 9.17) is 4.99 Å². The zero-order valence-electron chi connectivity index (χ0n) is 13.2. The molecule has 0 amide bonds. The molecule has 2 bridgehead atoms. The number of nitrogens with one attached hydrogen (secondary N) is 1. The zero-order chi connectivity index (χ0) is 16.9. The van der Waals surface area contributed by atoms with E-state index in [0.29, 0.717) is 16.6 Å². The van der Waals surface area contributed by atoms with Crippen molar-refractivity contribution in [1.82, 2.24) is 0 Å². The number of benzene rings is 1. The van der Waals surface area contributed by atoms with Crippen molar-refractivity contribution in [1.29, 1.82) is 0 Å². The van der Waals surface area contributed by atoms with Gasteiger partial charge in [-0.05, 0) is 34.3 Å². The molecule has 126 valence electrons. The first-order chi connectivity index (χ1) is 12.1. The largest absolute Gasteiger partial charge is 0.504 e. The number of Topliss-reactive ketones (excluding diaryl/α,β-unsaturated/α-hetero) is 1. The summed E-state index contributed by atoms with van der Waals surface area (Å²) in [5.74, 6) is 0.382. The van der Waals surface area contributed by atoms with Gasteiger partial charge in [-0.1, -0.05) is 6.08 Å². The van der Waals surface area contributed by atoms with Gasteiger partial charge in [0.2, 0.25) is 0 Å². The summed E-state index contributed by atoms with van der Waals surface area (Å²) in [6, 6.07) is 0. The molecule has 1 unspecified atom stereocenters. The normalized spacial score (nSPS) is 33.2. The molecule has 6 rings (SSSR count). The fourth-order valence-electron chi connectivity index (χ4n) is 4.92. The van der Waals surface area contributed by atoms with E-state index in [-0.39, 0.29) is 27.6 Å². The number of phenolic OH excluding ortho intramolecular Hbond substituents is 1. The number of aromatic hydroxyl groups is 1. The van der Waals surface area contributed by atoms with Gasteiger partial charge in [0, 0.05) is 40.6 Å². The molecule has 5 aliphatic rings. The highest BCUT2D eigenvalue weighted by molar-refractivity contribution is 9.12. The second kappa shape index (κ2) is 4.57. The number of thioether (sulfide) groups is 1. The highest BCUT2D eigenvalue weighted by Crippen LogP contribution is 2.60. The Morgan fingerprint density at radius 2 is 2.32 bits per heavy atom. The van der Waals surface area contributed by atoms with Crippen LogP contribution in [0.1, 0.15) is 24.8 Å². The van der Waals surface area contributed by atoms with Gasteiger partial charge < -0.3 is 10.4 Å². The van der Waals surface area contributed by atoms with Crippen LogP contribution in [0.15, 0.2) is 20.5 Å². The molecule has 1 saturated heterocycles. The number of aliphatic imine (C=N–C) groups is 1. The third-order valence-electron chi connectivity index (χ3n) is 5.96. The van der Waals surface area contributed by atoms with Crippen molar-refractivity contribution in [2.24, 2.45) is 9.98 Å². The lowest BCUT2D eigenvalue weighted by molar-refractivity contribution is -0.115. The summed E-state index contributed by atoms with van der Waals surface area (Å²) in [5, 5.41) is 16.8. The standard InChI is InChI=1S/C18H14BrN3O2S/c19-8-4-18-5-11(25-10(18)3-9(8)23)22-16-13(18)14-12-7(1-2-20-14)6-21-15(12)17(16)24/h4,6,10-11,22,24H,1-3,5H2/t10?,11-,18-/m0/s1. The van der Waals surface area contributed by atoms with Gasteiger partial charge in [-0.2, -0.15) is 0 Å². The van der Waals surface area contributed by atoms with Crippen molar-refractivity contribution in [2.45, 2.75) is 35.3 Å². The second-order valence-corrected chi connectivity index (χ2v) is 9.47. The maximum Gasteiger partial charge on any atom is 0.170 e. The molecular formula is C18H14BrN3O2S. The Labute approximate surface area is 156 Å². The van der Waals surface area contributed by atoms with E-state index in [2.05, 4.69) is 32.3 Å². The molecule has 4 aliphatic heterocycles. The van der Waals surface area contributed by atoms with Crippen LogP contribution in [0.25, 0.3) is 5.57 Å². The molecule has 2 N–H and O–H groups in total. The Morgan fingerprint density at radius 3 is 3.20 bits per heavy atom. The maximum atomic E-state index is 12.3. The average molecular weight is 416 g/mol. The quantitative estimate of drug-likeness (QED) is 0.635. The number of hydrogen-bond acceptors (Lipinski definition) is 6.